The Morgan fingerprint density at radius 3 is 3.00 bits per heavy atom. The summed E-state index contributed by atoms with van der Waals surface area (Å²) in [6.45, 7) is 4.32. The summed E-state index contributed by atoms with van der Waals surface area (Å²) in [5, 5.41) is 4.20. The van der Waals surface area contributed by atoms with Crippen molar-refractivity contribution in [3.05, 3.63) is 24.0 Å². The molecule has 0 bridgehead atoms. The van der Waals surface area contributed by atoms with Gasteiger partial charge in [0.2, 0.25) is 0 Å². The van der Waals surface area contributed by atoms with Crippen LogP contribution in [0.5, 0.6) is 0 Å². The van der Waals surface area contributed by atoms with E-state index in [0.717, 1.165) is 17.6 Å². The number of hydrogen-bond acceptors (Lipinski definition) is 3. The van der Waals surface area contributed by atoms with Crippen molar-refractivity contribution in [3.8, 4) is 0 Å². The third-order valence-electron chi connectivity index (χ3n) is 2.13. The van der Waals surface area contributed by atoms with E-state index in [1.54, 1.807) is 10.7 Å². The molecule has 0 aliphatic rings. The maximum absolute atomic E-state index is 5.83. The Hall–Kier alpha value is -1.58. The van der Waals surface area contributed by atoms with Crippen LogP contribution in [0.3, 0.4) is 0 Å². The molecule has 2 heterocycles. The second-order valence-corrected chi connectivity index (χ2v) is 3.85. The zero-order valence-corrected chi connectivity index (χ0v) is 8.44. The van der Waals surface area contributed by atoms with Gasteiger partial charge in [-0.1, -0.05) is 13.8 Å². The van der Waals surface area contributed by atoms with Gasteiger partial charge in [0.15, 0.2) is 11.5 Å². The largest absolute Gasteiger partial charge is 0.382 e. The zero-order valence-electron chi connectivity index (χ0n) is 8.44. The summed E-state index contributed by atoms with van der Waals surface area (Å²) < 4.78 is 1.73. The Balaban J connectivity index is 2.56. The van der Waals surface area contributed by atoms with E-state index in [0.29, 0.717) is 11.7 Å². The van der Waals surface area contributed by atoms with Crippen molar-refractivity contribution in [3.63, 3.8) is 0 Å². The lowest BCUT2D eigenvalue weighted by Gasteiger charge is -2.02. The average Bonchev–Trinajstić information content (AvgIpc) is 2.43. The van der Waals surface area contributed by atoms with E-state index < -0.39 is 0 Å². The highest BCUT2D eigenvalue weighted by atomic mass is 15.3. The van der Waals surface area contributed by atoms with E-state index in [4.69, 9.17) is 5.73 Å². The standard InChI is InChI=1S/C10H14N4/c1-7(2)6-8-9(11)13-14-5-3-4-12-10(8)14/h3-5,7H,6H2,1-2H3,(H2,11,13). The van der Waals surface area contributed by atoms with E-state index >= 15 is 0 Å². The maximum Gasteiger partial charge on any atom is 0.160 e. The van der Waals surface area contributed by atoms with Crippen molar-refractivity contribution >= 4 is 11.5 Å². The van der Waals surface area contributed by atoms with Gasteiger partial charge in [0.25, 0.3) is 0 Å². The third-order valence-corrected chi connectivity index (χ3v) is 2.13. The van der Waals surface area contributed by atoms with E-state index in [9.17, 15) is 0 Å². The number of rotatable bonds is 2. The Bertz CT molecular complexity index is 444. The van der Waals surface area contributed by atoms with Gasteiger partial charge in [0.1, 0.15) is 0 Å². The van der Waals surface area contributed by atoms with Crippen LogP contribution in [-0.2, 0) is 6.42 Å². The lowest BCUT2D eigenvalue weighted by molar-refractivity contribution is 0.650. The van der Waals surface area contributed by atoms with Crippen molar-refractivity contribution in [1.82, 2.24) is 14.6 Å². The molecule has 0 aromatic carbocycles. The van der Waals surface area contributed by atoms with Gasteiger partial charge in [-0.05, 0) is 18.4 Å². The van der Waals surface area contributed by atoms with Crippen LogP contribution in [0.4, 0.5) is 5.82 Å². The van der Waals surface area contributed by atoms with Crippen LogP contribution in [0.15, 0.2) is 18.5 Å². The van der Waals surface area contributed by atoms with Gasteiger partial charge in [0, 0.05) is 18.0 Å². The molecule has 0 spiro atoms. The average molecular weight is 190 g/mol. The third kappa shape index (κ3) is 1.43. The Morgan fingerprint density at radius 2 is 2.29 bits per heavy atom. The highest BCUT2D eigenvalue weighted by molar-refractivity contribution is 5.58. The van der Waals surface area contributed by atoms with Crippen molar-refractivity contribution in [1.29, 1.82) is 0 Å². The Kier molecular flexibility index (Phi) is 2.11. The number of anilines is 1. The number of hydrogen-bond donors (Lipinski definition) is 1. The normalized spacial score (nSPS) is 11.4. The summed E-state index contributed by atoms with van der Waals surface area (Å²) in [4.78, 5) is 4.28. The SMILES string of the molecule is CC(C)Cc1c(N)nn2cccnc12. The molecule has 0 aliphatic heterocycles. The lowest BCUT2D eigenvalue weighted by atomic mass is 10.1. The van der Waals surface area contributed by atoms with Gasteiger partial charge < -0.3 is 5.73 Å². The molecule has 0 atom stereocenters. The van der Waals surface area contributed by atoms with Gasteiger partial charge >= 0.3 is 0 Å². The molecule has 14 heavy (non-hydrogen) atoms. The molecule has 0 fully saturated rings. The van der Waals surface area contributed by atoms with Crippen molar-refractivity contribution in [2.24, 2.45) is 5.92 Å². The first-order chi connectivity index (χ1) is 6.68. The van der Waals surface area contributed by atoms with Crippen LogP contribution in [0.25, 0.3) is 5.65 Å². The van der Waals surface area contributed by atoms with Gasteiger partial charge in [-0.15, -0.1) is 5.10 Å². The second kappa shape index (κ2) is 3.29. The molecule has 0 aliphatic carbocycles. The van der Waals surface area contributed by atoms with Gasteiger partial charge in [-0.25, -0.2) is 9.50 Å². The molecule has 2 aromatic heterocycles. The van der Waals surface area contributed by atoms with Gasteiger partial charge in [-0.2, -0.15) is 0 Å². The molecule has 2 N–H and O–H groups in total. The Morgan fingerprint density at radius 1 is 1.50 bits per heavy atom. The van der Waals surface area contributed by atoms with Crippen LogP contribution < -0.4 is 5.73 Å². The molecule has 0 radical (unpaired) electrons. The first kappa shape index (κ1) is 8.99. The summed E-state index contributed by atoms with van der Waals surface area (Å²) in [7, 11) is 0. The summed E-state index contributed by atoms with van der Waals surface area (Å²) >= 11 is 0. The van der Waals surface area contributed by atoms with Crippen LogP contribution >= 0.6 is 0 Å². The number of nitrogen functional groups attached to an aromatic ring is 1. The van der Waals surface area contributed by atoms with Gasteiger partial charge in [-0.3, -0.25) is 0 Å². The van der Waals surface area contributed by atoms with Crippen LogP contribution in [0, 0.1) is 5.92 Å². The summed E-state index contributed by atoms with van der Waals surface area (Å²) in [6.07, 6.45) is 4.55. The molecular formula is C10H14N4. The minimum atomic E-state index is 0.562. The fraction of sp³-hybridized carbons (Fsp3) is 0.400. The van der Waals surface area contributed by atoms with Crippen LogP contribution in [-0.4, -0.2) is 14.6 Å². The molecule has 2 rings (SSSR count). The van der Waals surface area contributed by atoms with Crippen LogP contribution in [0.1, 0.15) is 19.4 Å². The molecule has 4 heteroatoms. The maximum atomic E-state index is 5.83. The topological polar surface area (TPSA) is 56.2 Å². The van der Waals surface area contributed by atoms with E-state index in [2.05, 4.69) is 23.9 Å². The predicted molar refractivity (Wildman–Crippen MR) is 55.9 cm³/mol. The quantitative estimate of drug-likeness (QED) is 0.781. The van der Waals surface area contributed by atoms with Gasteiger partial charge in [0.05, 0.1) is 0 Å². The highest BCUT2D eigenvalue weighted by Crippen LogP contribution is 2.19. The Labute approximate surface area is 82.8 Å². The minimum Gasteiger partial charge on any atom is -0.382 e. The lowest BCUT2D eigenvalue weighted by Crippen LogP contribution is -1.98. The first-order valence-electron chi connectivity index (χ1n) is 4.76. The summed E-state index contributed by atoms with van der Waals surface area (Å²) in [6, 6.07) is 1.85. The van der Waals surface area contributed by atoms with Crippen LogP contribution in [0.2, 0.25) is 0 Å². The smallest absolute Gasteiger partial charge is 0.160 e. The number of nitrogens with two attached hydrogens (primary N) is 1. The molecule has 0 saturated carbocycles. The fourth-order valence-electron chi connectivity index (χ4n) is 1.56. The molecule has 0 amide bonds. The predicted octanol–water partition coefficient (Wildman–Crippen LogP) is 1.51. The van der Waals surface area contributed by atoms with Crippen molar-refractivity contribution < 1.29 is 0 Å². The summed E-state index contributed by atoms with van der Waals surface area (Å²) in [5.41, 5.74) is 7.76. The number of fused-ring (bicyclic) bond motifs is 1. The molecule has 0 saturated heterocycles. The van der Waals surface area contributed by atoms with Crippen molar-refractivity contribution in [2.45, 2.75) is 20.3 Å². The van der Waals surface area contributed by atoms with E-state index in [1.807, 2.05) is 12.3 Å². The number of aromatic nitrogens is 3. The van der Waals surface area contributed by atoms with E-state index in [1.165, 1.54) is 0 Å². The first-order valence-corrected chi connectivity index (χ1v) is 4.76. The second-order valence-electron chi connectivity index (χ2n) is 3.85. The minimum absolute atomic E-state index is 0.562. The molecule has 0 unspecified atom stereocenters. The summed E-state index contributed by atoms with van der Waals surface area (Å²) in [5.74, 6) is 1.16. The fourth-order valence-corrected chi connectivity index (χ4v) is 1.56. The molecule has 2 aromatic rings. The zero-order chi connectivity index (χ0) is 10.1. The van der Waals surface area contributed by atoms with E-state index in [-0.39, 0.29) is 0 Å². The highest BCUT2D eigenvalue weighted by Gasteiger charge is 2.11. The molecule has 74 valence electrons. The number of nitrogens with zero attached hydrogens (tertiary/aromatic N) is 3. The molecule has 4 nitrogen and oxygen atoms in total. The monoisotopic (exact) mass is 190 g/mol. The molecular weight excluding hydrogens is 176 g/mol. The van der Waals surface area contributed by atoms with Crippen molar-refractivity contribution in [2.75, 3.05) is 5.73 Å².